The molecule has 1 fully saturated rings. The Labute approximate surface area is 112 Å². The van der Waals surface area contributed by atoms with Crippen molar-refractivity contribution in [3.05, 3.63) is 29.6 Å². The molecule has 4 nitrogen and oxygen atoms in total. The van der Waals surface area contributed by atoms with Crippen LogP contribution in [0.15, 0.2) is 18.2 Å². The van der Waals surface area contributed by atoms with E-state index < -0.39 is 5.82 Å². The Morgan fingerprint density at radius 2 is 2.26 bits per heavy atom. The topological polar surface area (TPSA) is 66.6 Å². The third-order valence-corrected chi connectivity index (χ3v) is 3.50. The first kappa shape index (κ1) is 13.8. The molecule has 1 aromatic carbocycles. The number of likely N-dealkylation sites (tertiary alicyclic amines) is 1. The number of aliphatic hydroxyl groups is 1. The molecule has 0 aromatic heterocycles. The molecular formula is C14H19FN2O2. The number of carbonyl (C=O) groups excluding carboxylic acids is 1. The molecule has 1 heterocycles. The van der Waals surface area contributed by atoms with Crippen LogP contribution in [-0.2, 0) is 0 Å². The summed E-state index contributed by atoms with van der Waals surface area (Å²) in [6.07, 6.45) is 3.36. The lowest BCUT2D eigenvalue weighted by Gasteiger charge is -2.24. The molecule has 1 unspecified atom stereocenters. The molecule has 1 saturated heterocycles. The van der Waals surface area contributed by atoms with Crippen LogP contribution in [0, 0.1) is 5.82 Å². The molecule has 1 amide bonds. The number of amides is 1. The van der Waals surface area contributed by atoms with Crippen LogP contribution in [0.3, 0.4) is 0 Å². The summed E-state index contributed by atoms with van der Waals surface area (Å²) < 4.78 is 13.3. The van der Waals surface area contributed by atoms with Crippen molar-refractivity contribution in [2.45, 2.75) is 31.7 Å². The fourth-order valence-corrected chi connectivity index (χ4v) is 2.63. The predicted molar refractivity (Wildman–Crippen MR) is 71.2 cm³/mol. The Kier molecular flexibility index (Phi) is 4.37. The summed E-state index contributed by atoms with van der Waals surface area (Å²) in [5, 5.41) is 8.87. The summed E-state index contributed by atoms with van der Waals surface area (Å²) in [4.78, 5) is 14.1. The number of aliphatic hydroxyl groups excluding tert-OH is 1. The lowest BCUT2D eigenvalue weighted by molar-refractivity contribution is 0.0724. The number of nitrogen functional groups attached to an aromatic ring is 1. The van der Waals surface area contributed by atoms with Crippen LogP contribution in [0.1, 0.15) is 36.0 Å². The number of nitrogens with two attached hydrogens (primary N) is 1. The van der Waals surface area contributed by atoms with E-state index >= 15 is 0 Å². The minimum Gasteiger partial charge on any atom is -0.399 e. The smallest absolute Gasteiger partial charge is 0.254 e. The Balaban J connectivity index is 2.13. The highest BCUT2D eigenvalue weighted by Gasteiger charge is 2.29. The third-order valence-electron chi connectivity index (χ3n) is 3.50. The maximum absolute atomic E-state index is 13.3. The zero-order valence-electron chi connectivity index (χ0n) is 10.8. The highest BCUT2D eigenvalue weighted by Crippen LogP contribution is 2.24. The van der Waals surface area contributed by atoms with Gasteiger partial charge in [0, 0.05) is 30.4 Å². The van der Waals surface area contributed by atoms with Crippen molar-refractivity contribution in [1.82, 2.24) is 4.90 Å². The summed E-state index contributed by atoms with van der Waals surface area (Å²) in [6, 6.07) is 4.07. The number of hydrogen-bond acceptors (Lipinski definition) is 3. The van der Waals surface area contributed by atoms with E-state index in [0.717, 1.165) is 19.3 Å². The molecule has 0 bridgehead atoms. The highest BCUT2D eigenvalue weighted by molar-refractivity contribution is 5.95. The second-order valence-electron chi connectivity index (χ2n) is 4.93. The van der Waals surface area contributed by atoms with Crippen LogP contribution < -0.4 is 5.73 Å². The maximum atomic E-state index is 13.3. The van der Waals surface area contributed by atoms with Crippen molar-refractivity contribution >= 4 is 11.6 Å². The normalized spacial score (nSPS) is 18.8. The molecule has 1 aliphatic heterocycles. The number of anilines is 1. The number of halogens is 1. The van der Waals surface area contributed by atoms with E-state index in [1.54, 1.807) is 4.90 Å². The van der Waals surface area contributed by atoms with E-state index in [4.69, 9.17) is 10.8 Å². The van der Waals surface area contributed by atoms with E-state index in [-0.39, 0.29) is 24.2 Å². The van der Waals surface area contributed by atoms with Crippen molar-refractivity contribution in [3.63, 3.8) is 0 Å². The number of benzene rings is 1. The van der Waals surface area contributed by atoms with E-state index in [0.29, 0.717) is 18.5 Å². The van der Waals surface area contributed by atoms with Crippen LogP contribution in [-0.4, -0.2) is 35.1 Å². The van der Waals surface area contributed by atoms with Gasteiger partial charge in [-0.25, -0.2) is 4.39 Å². The van der Waals surface area contributed by atoms with Gasteiger partial charge in [-0.15, -0.1) is 0 Å². The van der Waals surface area contributed by atoms with Gasteiger partial charge >= 0.3 is 0 Å². The molecule has 19 heavy (non-hydrogen) atoms. The van der Waals surface area contributed by atoms with Crippen LogP contribution in [0.4, 0.5) is 10.1 Å². The number of hydrogen-bond donors (Lipinski definition) is 2. The van der Waals surface area contributed by atoms with Gasteiger partial charge in [0.1, 0.15) is 5.82 Å². The third kappa shape index (κ3) is 3.23. The van der Waals surface area contributed by atoms with Gasteiger partial charge in [-0.05, 0) is 43.9 Å². The van der Waals surface area contributed by atoms with Crippen LogP contribution in [0.25, 0.3) is 0 Å². The van der Waals surface area contributed by atoms with Crippen molar-refractivity contribution in [2.24, 2.45) is 0 Å². The molecule has 1 atom stereocenters. The second-order valence-corrected chi connectivity index (χ2v) is 4.93. The van der Waals surface area contributed by atoms with Gasteiger partial charge in [0.25, 0.3) is 5.91 Å². The molecule has 0 aliphatic carbocycles. The monoisotopic (exact) mass is 266 g/mol. The fourth-order valence-electron chi connectivity index (χ4n) is 2.63. The van der Waals surface area contributed by atoms with E-state index in [1.807, 2.05) is 0 Å². The quantitative estimate of drug-likeness (QED) is 0.816. The molecule has 0 saturated carbocycles. The first-order valence-corrected chi connectivity index (χ1v) is 6.59. The van der Waals surface area contributed by atoms with Crippen molar-refractivity contribution in [1.29, 1.82) is 0 Å². The van der Waals surface area contributed by atoms with Gasteiger partial charge < -0.3 is 15.7 Å². The van der Waals surface area contributed by atoms with Crippen molar-refractivity contribution in [3.8, 4) is 0 Å². The number of carbonyl (C=O) groups is 1. The molecule has 0 radical (unpaired) electrons. The standard InChI is InChI=1S/C14H19FN2O2/c15-11-7-10(8-12(16)9-11)14(19)17-5-1-3-13(17)4-2-6-18/h7-9,13,18H,1-6,16H2. The van der Waals surface area contributed by atoms with E-state index in [2.05, 4.69) is 0 Å². The summed E-state index contributed by atoms with van der Waals surface area (Å²) in [5.41, 5.74) is 6.13. The Morgan fingerprint density at radius 1 is 1.47 bits per heavy atom. The van der Waals surface area contributed by atoms with Crippen LogP contribution >= 0.6 is 0 Å². The van der Waals surface area contributed by atoms with E-state index in [9.17, 15) is 9.18 Å². The average molecular weight is 266 g/mol. The van der Waals surface area contributed by atoms with Crippen LogP contribution in [0.2, 0.25) is 0 Å². The molecule has 1 aromatic rings. The van der Waals surface area contributed by atoms with Gasteiger partial charge in [0.15, 0.2) is 0 Å². The van der Waals surface area contributed by atoms with Gasteiger partial charge in [0.05, 0.1) is 0 Å². The SMILES string of the molecule is Nc1cc(F)cc(C(=O)N2CCCC2CCCO)c1. The summed E-state index contributed by atoms with van der Waals surface area (Å²) in [5.74, 6) is -0.666. The average Bonchev–Trinajstić information content (AvgIpc) is 2.82. The predicted octanol–water partition coefficient (Wildman–Crippen LogP) is 1.79. The number of rotatable bonds is 4. The Bertz CT molecular complexity index is 445. The number of nitrogens with zero attached hydrogens (tertiary/aromatic N) is 1. The Hall–Kier alpha value is -1.62. The maximum Gasteiger partial charge on any atom is 0.254 e. The summed E-state index contributed by atoms with van der Waals surface area (Å²) in [7, 11) is 0. The molecule has 2 rings (SSSR count). The Morgan fingerprint density at radius 3 is 2.95 bits per heavy atom. The molecule has 5 heteroatoms. The van der Waals surface area contributed by atoms with E-state index in [1.165, 1.54) is 18.2 Å². The minimum atomic E-state index is -0.491. The highest BCUT2D eigenvalue weighted by atomic mass is 19.1. The first-order chi connectivity index (χ1) is 9.11. The van der Waals surface area contributed by atoms with Gasteiger partial charge in [-0.1, -0.05) is 0 Å². The second kappa shape index (κ2) is 6.02. The van der Waals surface area contributed by atoms with Crippen molar-refractivity contribution < 1.29 is 14.3 Å². The molecular weight excluding hydrogens is 247 g/mol. The fraction of sp³-hybridized carbons (Fsp3) is 0.500. The largest absolute Gasteiger partial charge is 0.399 e. The van der Waals surface area contributed by atoms with Crippen LogP contribution in [0.5, 0.6) is 0 Å². The molecule has 0 spiro atoms. The van der Waals surface area contributed by atoms with Crippen molar-refractivity contribution in [2.75, 3.05) is 18.9 Å². The molecule has 1 aliphatic rings. The summed E-state index contributed by atoms with van der Waals surface area (Å²) in [6.45, 7) is 0.816. The van der Waals surface area contributed by atoms with Gasteiger partial charge in [-0.3, -0.25) is 4.79 Å². The summed E-state index contributed by atoms with van der Waals surface area (Å²) >= 11 is 0. The molecule has 3 N–H and O–H groups in total. The van der Waals surface area contributed by atoms with Gasteiger partial charge in [0.2, 0.25) is 0 Å². The first-order valence-electron chi connectivity index (χ1n) is 6.59. The minimum absolute atomic E-state index is 0.130. The zero-order chi connectivity index (χ0) is 13.8. The lowest BCUT2D eigenvalue weighted by atomic mass is 10.1. The molecule has 104 valence electrons. The zero-order valence-corrected chi connectivity index (χ0v) is 10.8. The lowest BCUT2D eigenvalue weighted by Crippen LogP contribution is -2.35. The van der Waals surface area contributed by atoms with Gasteiger partial charge in [-0.2, -0.15) is 0 Å².